The van der Waals surface area contributed by atoms with Crippen molar-refractivity contribution in [3.63, 3.8) is 0 Å². The number of hydrogen-bond donors (Lipinski definition) is 2. The Morgan fingerprint density at radius 1 is 0.967 bits per heavy atom. The van der Waals surface area contributed by atoms with Crippen molar-refractivity contribution in [3.8, 4) is 22.3 Å². The number of nitrogens with one attached hydrogen (secondary N) is 1. The van der Waals surface area contributed by atoms with E-state index in [9.17, 15) is 8.42 Å². The van der Waals surface area contributed by atoms with Gasteiger partial charge in [0.2, 0.25) is 10.0 Å². The fourth-order valence-electron chi connectivity index (χ4n) is 3.36. The number of anilines is 3. The summed E-state index contributed by atoms with van der Waals surface area (Å²) in [6, 6.07) is 15.6. The lowest BCUT2D eigenvalue weighted by molar-refractivity contribution is 0.607. The van der Waals surface area contributed by atoms with Crippen LogP contribution in [-0.2, 0) is 10.0 Å². The number of nitrogens with zero attached hydrogens (tertiary/aromatic N) is 2. The molecule has 0 unspecified atom stereocenters. The molecule has 8 heteroatoms. The van der Waals surface area contributed by atoms with Gasteiger partial charge in [-0.1, -0.05) is 24.3 Å². The number of pyridine rings is 1. The van der Waals surface area contributed by atoms with Crippen molar-refractivity contribution in [1.29, 1.82) is 0 Å². The average molecular weight is 439 g/mol. The number of nitrogen functional groups attached to an aromatic ring is 1. The fourth-order valence-corrected chi connectivity index (χ4v) is 5.04. The van der Waals surface area contributed by atoms with Crippen molar-refractivity contribution in [2.45, 2.75) is 0 Å². The molecule has 6 nitrogen and oxygen atoms in total. The van der Waals surface area contributed by atoms with Crippen LogP contribution in [0.3, 0.4) is 0 Å². The van der Waals surface area contributed by atoms with Crippen LogP contribution in [0.15, 0.2) is 60.1 Å². The molecule has 0 atom stereocenters. The van der Waals surface area contributed by atoms with Crippen molar-refractivity contribution >= 4 is 48.6 Å². The molecule has 2 aromatic carbocycles. The van der Waals surface area contributed by atoms with E-state index >= 15 is 0 Å². The van der Waals surface area contributed by atoms with Crippen molar-refractivity contribution in [2.24, 2.45) is 0 Å². The Balaban J connectivity index is 1.77. The largest absolute Gasteiger partial charge is 0.383 e. The fraction of sp³-hybridized carbons (Fsp3) is 0.136. The molecule has 4 aromatic rings. The summed E-state index contributed by atoms with van der Waals surface area (Å²) in [6.07, 6.45) is 2.90. The molecule has 0 saturated carbocycles. The predicted octanol–water partition coefficient (Wildman–Crippen LogP) is 4.65. The lowest BCUT2D eigenvalue weighted by Gasteiger charge is -2.13. The first-order valence-electron chi connectivity index (χ1n) is 9.24. The van der Waals surface area contributed by atoms with Crippen LogP contribution < -0.4 is 15.4 Å². The van der Waals surface area contributed by atoms with Crippen LogP contribution in [0.4, 0.5) is 17.2 Å². The van der Waals surface area contributed by atoms with Crippen molar-refractivity contribution in [2.75, 3.05) is 35.7 Å². The summed E-state index contributed by atoms with van der Waals surface area (Å²) in [6.45, 7) is 0. The summed E-state index contributed by atoms with van der Waals surface area (Å²) in [5.74, 6) is 0.497. The van der Waals surface area contributed by atoms with Gasteiger partial charge >= 0.3 is 0 Å². The van der Waals surface area contributed by atoms with Crippen LogP contribution in [0, 0.1) is 0 Å². The van der Waals surface area contributed by atoms with Crippen LogP contribution in [0.5, 0.6) is 0 Å². The smallest absolute Gasteiger partial charge is 0.229 e. The maximum Gasteiger partial charge on any atom is 0.229 e. The molecule has 0 spiro atoms. The number of nitrogens with two attached hydrogens (primary N) is 1. The first-order chi connectivity index (χ1) is 14.2. The van der Waals surface area contributed by atoms with Gasteiger partial charge in [-0.15, -0.1) is 11.3 Å². The molecule has 0 fully saturated rings. The van der Waals surface area contributed by atoms with Gasteiger partial charge in [-0.25, -0.2) is 13.4 Å². The van der Waals surface area contributed by atoms with Gasteiger partial charge in [0, 0.05) is 52.9 Å². The molecule has 4 rings (SSSR count). The second kappa shape index (κ2) is 7.62. The van der Waals surface area contributed by atoms with E-state index in [4.69, 9.17) is 5.73 Å². The van der Waals surface area contributed by atoms with E-state index in [0.717, 1.165) is 44.3 Å². The number of sulfonamides is 1. The maximum absolute atomic E-state index is 11.4. The van der Waals surface area contributed by atoms with Gasteiger partial charge in [-0.3, -0.25) is 4.72 Å². The standard InChI is InChI=1S/C22H22N4O2S2/c1-26(2)17-10-6-15(7-11-17)19-13-29-21-18(12-24-22(23)20(19)21)14-4-8-16(9-5-14)25-30(3,27)28/h4-13,25H,1-3H3,(H2,23,24). The summed E-state index contributed by atoms with van der Waals surface area (Å²) in [4.78, 5) is 6.50. The number of thiophene rings is 1. The number of fused-ring (bicyclic) bond motifs is 1. The van der Waals surface area contributed by atoms with Crippen molar-refractivity contribution < 1.29 is 8.42 Å². The lowest BCUT2D eigenvalue weighted by Crippen LogP contribution is -2.09. The topological polar surface area (TPSA) is 88.3 Å². The monoisotopic (exact) mass is 438 g/mol. The molecule has 30 heavy (non-hydrogen) atoms. The third-order valence-corrected chi connectivity index (χ3v) is 6.44. The quantitative estimate of drug-likeness (QED) is 0.473. The molecule has 0 aliphatic carbocycles. The van der Waals surface area contributed by atoms with Crippen LogP contribution in [-0.4, -0.2) is 33.8 Å². The first kappa shape index (κ1) is 20.2. The molecule has 3 N–H and O–H groups in total. The van der Waals surface area contributed by atoms with Crippen molar-refractivity contribution in [3.05, 3.63) is 60.1 Å². The minimum Gasteiger partial charge on any atom is -0.383 e. The molecule has 0 radical (unpaired) electrons. The molecule has 0 aliphatic heterocycles. The minimum atomic E-state index is -3.31. The average Bonchev–Trinajstić information content (AvgIpc) is 3.14. The summed E-state index contributed by atoms with van der Waals surface area (Å²) < 4.78 is 26.4. The molecular formula is C22H22N4O2S2. The Labute approximate surface area is 180 Å². The highest BCUT2D eigenvalue weighted by Crippen LogP contribution is 2.42. The SMILES string of the molecule is CN(C)c1ccc(-c2csc3c(-c4ccc(NS(C)(=O)=O)cc4)cnc(N)c23)cc1. The highest BCUT2D eigenvalue weighted by Gasteiger charge is 2.15. The summed E-state index contributed by atoms with van der Waals surface area (Å²) in [5.41, 5.74) is 12.0. The highest BCUT2D eigenvalue weighted by atomic mass is 32.2. The molecule has 0 amide bonds. The summed E-state index contributed by atoms with van der Waals surface area (Å²) in [5, 5.41) is 3.05. The van der Waals surface area contributed by atoms with E-state index in [0.29, 0.717) is 11.5 Å². The Morgan fingerprint density at radius 2 is 1.57 bits per heavy atom. The molecule has 0 saturated heterocycles. The van der Waals surface area contributed by atoms with E-state index in [1.54, 1.807) is 29.7 Å². The molecule has 2 aromatic heterocycles. The number of aromatic nitrogens is 1. The number of hydrogen-bond acceptors (Lipinski definition) is 6. The summed E-state index contributed by atoms with van der Waals surface area (Å²) >= 11 is 1.63. The second-order valence-electron chi connectivity index (χ2n) is 7.30. The normalized spacial score (nSPS) is 11.6. The Kier molecular flexibility index (Phi) is 5.13. The third-order valence-electron chi connectivity index (χ3n) is 4.82. The van der Waals surface area contributed by atoms with E-state index in [1.807, 2.05) is 26.2 Å². The second-order valence-corrected chi connectivity index (χ2v) is 9.93. The molecule has 154 valence electrons. The van der Waals surface area contributed by atoms with Crippen LogP contribution in [0.25, 0.3) is 32.3 Å². The van der Waals surface area contributed by atoms with Gasteiger partial charge < -0.3 is 10.6 Å². The van der Waals surface area contributed by atoms with Crippen LogP contribution >= 0.6 is 11.3 Å². The zero-order valence-corrected chi connectivity index (χ0v) is 18.5. The minimum absolute atomic E-state index is 0.497. The molecular weight excluding hydrogens is 416 g/mol. The van der Waals surface area contributed by atoms with E-state index < -0.39 is 10.0 Å². The Bertz CT molecular complexity index is 1310. The zero-order valence-electron chi connectivity index (χ0n) is 16.9. The maximum atomic E-state index is 11.4. The van der Waals surface area contributed by atoms with Gasteiger partial charge in [0.25, 0.3) is 0 Å². The highest BCUT2D eigenvalue weighted by molar-refractivity contribution is 7.92. The van der Waals surface area contributed by atoms with Gasteiger partial charge in [0.15, 0.2) is 0 Å². The van der Waals surface area contributed by atoms with E-state index in [-0.39, 0.29) is 0 Å². The predicted molar refractivity (Wildman–Crippen MR) is 128 cm³/mol. The van der Waals surface area contributed by atoms with Gasteiger partial charge in [0.05, 0.1) is 6.26 Å². The van der Waals surface area contributed by atoms with Gasteiger partial charge in [0.1, 0.15) is 5.82 Å². The van der Waals surface area contributed by atoms with Crippen molar-refractivity contribution in [1.82, 2.24) is 4.98 Å². The van der Waals surface area contributed by atoms with Crippen LogP contribution in [0.1, 0.15) is 0 Å². The summed E-state index contributed by atoms with van der Waals surface area (Å²) in [7, 11) is 0.717. The third kappa shape index (κ3) is 3.96. The first-order valence-corrected chi connectivity index (χ1v) is 12.0. The number of benzene rings is 2. The molecule has 0 aliphatic rings. The van der Waals surface area contributed by atoms with E-state index in [1.165, 1.54) is 0 Å². The number of rotatable bonds is 5. The van der Waals surface area contributed by atoms with Gasteiger partial charge in [-0.05, 0) is 40.8 Å². The van der Waals surface area contributed by atoms with Crippen LogP contribution in [0.2, 0.25) is 0 Å². The zero-order chi connectivity index (χ0) is 21.5. The van der Waals surface area contributed by atoms with E-state index in [2.05, 4.69) is 44.3 Å². The molecule has 2 heterocycles. The van der Waals surface area contributed by atoms with Gasteiger partial charge in [-0.2, -0.15) is 0 Å². The lowest BCUT2D eigenvalue weighted by atomic mass is 10.0. The Hall–Kier alpha value is -3.10. The Morgan fingerprint density at radius 3 is 2.17 bits per heavy atom. The molecule has 0 bridgehead atoms.